The van der Waals surface area contributed by atoms with Crippen LogP contribution in [0.15, 0.2) is 97.1 Å². The van der Waals surface area contributed by atoms with E-state index in [0.29, 0.717) is 11.5 Å². The van der Waals surface area contributed by atoms with Gasteiger partial charge in [-0.15, -0.1) is 0 Å². The van der Waals surface area contributed by atoms with Gasteiger partial charge >= 0.3 is 0 Å². The minimum absolute atomic E-state index is 0.312. The predicted octanol–water partition coefficient (Wildman–Crippen LogP) is 7.15. The number of hydrogen-bond donors (Lipinski definition) is 2. The van der Waals surface area contributed by atoms with Gasteiger partial charge in [0.05, 0.1) is 14.2 Å². The van der Waals surface area contributed by atoms with Gasteiger partial charge in [0.2, 0.25) is 0 Å². The molecule has 0 aromatic heterocycles. The molecule has 0 heterocycles. The fourth-order valence-corrected chi connectivity index (χ4v) is 3.90. The van der Waals surface area contributed by atoms with E-state index in [9.17, 15) is 0 Å². The van der Waals surface area contributed by atoms with Crippen molar-refractivity contribution in [1.82, 2.24) is 0 Å². The van der Waals surface area contributed by atoms with Crippen molar-refractivity contribution in [3.8, 4) is 23.0 Å². The third-order valence-corrected chi connectivity index (χ3v) is 6.05. The first-order chi connectivity index (χ1) is 17.6. The highest BCUT2D eigenvalue weighted by Gasteiger charge is 1.99. The second-order valence-corrected chi connectivity index (χ2v) is 8.74. The van der Waals surface area contributed by atoms with Gasteiger partial charge in [0.25, 0.3) is 0 Å². The summed E-state index contributed by atoms with van der Waals surface area (Å²) < 4.78 is 10.3. The Bertz CT molecular complexity index is 1040. The van der Waals surface area contributed by atoms with Crippen molar-refractivity contribution in [1.29, 1.82) is 0 Å². The van der Waals surface area contributed by atoms with Crippen LogP contribution in [0.1, 0.15) is 35.1 Å². The Morgan fingerprint density at radius 2 is 0.667 bits per heavy atom. The number of ether oxygens (including phenoxy) is 2. The average molecular weight is 485 g/mol. The van der Waals surface area contributed by atoms with Crippen molar-refractivity contribution in [3.05, 3.63) is 119 Å². The molecule has 0 amide bonds. The number of aryl methyl sites for hydroxylation is 4. The summed E-state index contributed by atoms with van der Waals surface area (Å²) in [6.45, 7) is 0. The molecule has 2 N–H and O–H groups in total. The Morgan fingerprint density at radius 3 is 0.917 bits per heavy atom. The molecule has 0 saturated heterocycles. The highest BCUT2D eigenvalue weighted by atomic mass is 16.5. The molecule has 4 aromatic carbocycles. The third kappa shape index (κ3) is 9.38. The summed E-state index contributed by atoms with van der Waals surface area (Å²) in [7, 11) is 3.39. The van der Waals surface area contributed by atoms with Crippen LogP contribution in [0.4, 0.5) is 0 Å². The summed E-state index contributed by atoms with van der Waals surface area (Å²) in [5.74, 6) is 2.46. The van der Waals surface area contributed by atoms with E-state index in [0.717, 1.165) is 50.0 Å². The van der Waals surface area contributed by atoms with Gasteiger partial charge in [-0.3, -0.25) is 0 Å². The number of phenolic OH excluding ortho intramolecular Hbond substituents is 2. The molecule has 0 radical (unpaired) electrons. The Labute approximate surface area is 214 Å². The van der Waals surface area contributed by atoms with Crippen molar-refractivity contribution in [2.24, 2.45) is 0 Å². The third-order valence-electron chi connectivity index (χ3n) is 6.05. The summed E-state index contributed by atoms with van der Waals surface area (Å²) in [4.78, 5) is 0. The lowest BCUT2D eigenvalue weighted by molar-refractivity contribution is 0.414. The molecular formula is C32H36O4. The lowest BCUT2D eigenvalue weighted by Crippen LogP contribution is -1.91. The minimum Gasteiger partial charge on any atom is -0.508 e. The number of aromatic hydroxyl groups is 2. The zero-order chi connectivity index (χ0) is 25.6. The topological polar surface area (TPSA) is 58.9 Å². The average Bonchev–Trinajstić information content (AvgIpc) is 2.92. The van der Waals surface area contributed by atoms with E-state index in [1.54, 1.807) is 38.5 Å². The largest absolute Gasteiger partial charge is 0.508 e. The molecule has 4 heteroatoms. The quantitative estimate of drug-likeness (QED) is 0.251. The van der Waals surface area contributed by atoms with E-state index in [-0.39, 0.29) is 0 Å². The number of phenols is 2. The van der Waals surface area contributed by atoms with Crippen LogP contribution < -0.4 is 9.47 Å². The molecule has 0 bridgehead atoms. The van der Waals surface area contributed by atoms with Crippen molar-refractivity contribution < 1.29 is 19.7 Å². The molecule has 0 atom stereocenters. The van der Waals surface area contributed by atoms with Crippen molar-refractivity contribution >= 4 is 0 Å². The van der Waals surface area contributed by atoms with Crippen LogP contribution in [0.5, 0.6) is 23.0 Å². The number of rotatable bonds is 10. The molecule has 0 saturated carbocycles. The molecule has 0 aliphatic heterocycles. The van der Waals surface area contributed by atoms with Crippen LogP contribution in [-0.2, 0) is 25.7 Å². The van der Waals surface area contributed by atoms with Crippen LogP contribution in [0.25, 0.3) is 0 Å². The summed E-state index contributed by atoms with van der Waals surface area (Å²) in [5, 5.41) is 18.3. The molecule has 0 aliphatic rings. The van der Waals surface area contributed by atoms with E-state index in [1.807, 2.05) is 48.5 Å². The fraction of sp³-hybridized carbons (Fsp3) is 0.250. The Hall–Kier alpha value is -3.92. The number of hydrogen-bond acceptors (Lipinski definition) is 4. The van der Waals surface area contributed by atoms with Gasteiger partial charge < -0.3 is 19.7 Å². The normalized spacial score (nSPS) is 10.3. The Kier molecular flexibility index (Phi) is 10.7. The Balaban J connectivity index is 0.000000202. The van der Waals surface area contributed by atoms with Crippen LogP contribution in [0, 0.1) is 0 Å². The summed E-state index contributed by atoms with van der Waals surface area (Å²) in [6.07, 6.45) is 6.41. The molecular weight excluding hydrogens is 448 g/mol. The SMILES string of the molecule is COc1ccc(CCCc2ccc(OC)cc2)cc1.Oc1ccc(CCCc2ccc(O)cc2)cc1. The minimum atomic E-state index is 0.312. The second kappa shape index (κ2) is 14.5. The van der Waals surface area contributed by atoms with Crippen molar-refractivity contribution in [3.63, 3.8) is 0 Å². The van der Waals surface area contributed by atoms with Gasteiger partial charge in [0.1, 0.15) is 23.0 Å². The Morgan fingerprint density at radius 1 is 0.417 bits per heavy atom. The molecule has 0 fully saturated rings. The first-order valence-electron chi connectivity index (χ1n) is 12.4. The molecule has 4 rings (SSSR count). The van der Waals surface area contributed by atoms with E-state index in [2.05, 4.69) is 24.3 Å². The maximum absolute atomic E-state index is 9.16. The fourth-order valence-electron chi connectivity index (χ4n) is 3.90. The van der Waals surface area contributed by atoms with E-state index < -0.39 is 0 Å². The molecule has 36 heavy (non-hydrogen) atoms. The predicted molar refractivity (Wildman–Crippen MR) is 146 cm³/mol. The maximum atomic E-state index is 9.16. The molecule has 4 aromatic rings. The van der Waals surface area contributed by atoms with Gasteiger partial charge in [-0.1, -0.05) is 48.5 Å². The second-order valence-electron chi connectivity index (χ2n) is 8.74. The van der Waals surface area contributed by atoms with Crippen molar-refractivity contribution in [2.45, 2.75) is 38.5 Å². The van der Waals surface area contributed by atoms with Gasteiger partial charge in [0, 0.05) is 0 Å². The highest BCUT2D eigenvalue weighted by Crippen LogP contribution is 2.17. The first-order valence-corrected chi connectivity index (χ1v) is 12.4. The van der Waals surface area contributed by atoms with Crippen molar-refractivity contribution in [2.75, 3.05) is 14.2 Å². The summed E-state index contributed by atoms with van der Waals surface area (Å²) in [5.41, 5.74) is 5.19. The smallest absolute Gasteiger partial charge is 0.118 e. The van der Waals surface area contributed by atoms with Crippen LogP contribution in [-0.4, -0.2) is 24.4 Å². The van der Waals surface area contributed by atoms with Gasteiger partial charge in [0.15, 0.2) is 0 Å². The number of methoxy groups -OCH3 is 2. The van der Waals surface area contributed by atoms with Gasteiger partial charge in [-0.25, -0.2) is 0 Å². The molecule has 0 unspecified atom stereocenters. The zero-order valence-corrected chi connectivity index (χ0v) is 21.2. The molecule has 4 nitrogen and oxygen atoms in total. The van der Waals surface area contributed by atoms with Crippen LogP contribution >= 0.6 is 0 Å². The molecule has 188 valence electrons. The van der Waals surface area contributed by atoms with Crippen LogP contribution in [0.3, 0.4) is 0 Å². The first kappa shape index (κ1) is 26.7. The lowest BCUT2D eigenvalue weighted by atomic mass is 10.0. The van der Waals surface area contributed by atoms with E-state index >= 15 is 0 Å². The van der Waals surface area contributed by atoms with E-state index in [4.69, 9.17) is 19.7 Å². The van der Waals surface area contributed by atoms with E-state index in [1.165, 1.54) is 22.3 Å². The van der Waals surface area contributed by atoms with Crippen LogP contribution in [0.2, 0.25) is 0 Å². The number of benzene rings is 4. The zero-order valence-electron chi connectivity index (χ0n) is 21.2. The standard InChI is InChI=1S/C17H20O2.C15H16O2/c1-18-16-10-6-14(7-11-16)4-3-5-15-8-12-17(19-2)13-9-15;16-14-8-4-12(5-9-14)2-1-3-13-6-10-15(17)11-7-13/h6-13H,3-5H2,1-2H3;4-11,16-17H,1-3H2. The summed E-state index contributed by atoms with van der Waals surface area (Å²) in [6, 6.07) is 31.3. The molecule has 0 spiro atoms. The van der Waals surface area contributed by atoms with Gasteiger partial charge in [-0.05, 0) is 109 Å². The van der Waals surface area contributed by atoms with Gasteiger partial charge in [-0.2, -0.15) is 0 Å². The summed E-state index contributed by atoms with van der Waals surface area (Å²) >= 11 is 0. The monoisotopic (exact) mass is 484 g/mol. The highest BCUT2D eigenvalue weighted by molar-refractivity contribution is 5.29. The maximum Gasteiger partial charge on any atom is 0.118 e. The lowest BCUT2D eigenvalue weighted by Gasteiger charge is -2.05. The molecule has 0 aliphatic carbocycles.